The van der Waals surface area contributed by atoms with Crippen LogP contribution in [-0.2, 0) is 14.6 Å². The van der Waals surface area contributed by atoms with Crippen molar-refractivity contribution in [1.82, 2.24) is 0 Å². The maximum atomic E-state index is 12.0. The maximum absolute atomic E-state index is 12.0. The normalized spacial score (nSPS) is 10.8. The first kappa shape index (κ1) is 18.6. The van der Waals surface area contributed by atoms with Crippen LogP contribution in [0.2, 0.25) is 0 Å². The lowest BCUT2D eigenvalue weighted by Crippen LogP contribution is -2.22. The molecule has 0 unspecified atom stereocenters. The van der Waals surface area contributed by atoms with Crippen LogP contribution in [0, 0.1) is 0 Å². The fourth-order valence-electron chi connectivity index (χ4n) is 2.14. The second-order valence-corrected chi connectivity index (χ2v) is 7.25. The monoisotopic (exact) mass is 364 g/mol. The molecule has 0 saturated carbocycles. The van der Waals surface area contributed by atoms with E-state index in [0.29, 0.717) is 22.9 Å². The lowest BCUT2D eigenvalue weighted by molar-refractivity contribution is -0.114. The number of rotatable bonds is 7. The first-order valence-electron chi connectivity index (χ1n) is 7.39. The molecule has 2 aromatic carbocycles. The van der Waals surface area contributed by atoms with E-state index >= 15 is 0 Å². The Labute approximate surface area is 146 Å². The van der Waals surface area contributed by atoms with E-state index in [1.165, 1.54) is 13.2 Å². The van der Waals surface area contributed by atoms with E-state index in [1.807, 2.05) is 0 Å². The topological polar surface area (TPSA) is 93.7 Å². The van der Waals surface area contributed by atoms with Gasteiger partial charge < -0.3 is 20.1 Å². The lowest BCUT2D eigenvalue weighted by atomic mass is 10.3. The Hall–Kier alpha value is -2.74. The van der Waals surface area contributed by atoms with Gasteiger partial charge in [-0.15, -0.1) is 0 Å². The van der Waals surface area contributed by atoms with Gasteiger partial charge in [-0.25, -0.2) is 8.42 Å². The highest BCUT2D eigenvalue weighted by Gasteiger charge is 2.15. The van der Waals surface area contributed by atoms with Crippen LogP contribution in [0.3, 0.4) is 0 Å². The van der Waals surface area contributed by atoms with Crippen LogP contribution in [-0.4, -0.2) is 41.3 Å². The predicted molar refractivity (Wildman–Crippen MR) is 96.2 cm³/mol. The molecule has 134 valence electrons. The number of nitrogens with one attached hydrogen (secondary N) is 2. The summed E-state index contributed by atoms with van der Waals surface area (Å²) in [5.41, 5.74) is 0.957. The van der Waals surface area contributed by atoms with Crippen molar-refractivity contribution in [2.75, 3.05) is 37.7 Å². The number of carbonyl (C=O) groups is 1. The summed E-state index contributed by atoms with van der Waals surface area (Å²) in [6.07, 6.45) is 1.10. The fraction of sp³-hybridized carbons (Fsp3) is 0.235. The summed E-state index contributed by atoms with van der Waals surface area (Å²) in [7, 11) is -0.452. The Morgan fingerprint density at radius 1 is 1.00 bits per heavy atom. The number of benzene rings is 2. The van der Waals surface area contributed by atoms with Crippen molar-refractivity contribution in [2.24, 2.45) is 0 Å². The van der Waals surface area contributed by atoms with E-state index in [-0.39, 0.29) is 17.3 Å². The van der Waals surface area contributed by atoms with Crippen molar-refractivity contribution < 1.29 is 22.7 Å². The largest absolute Gasteiger partial charge is 0.497 e. The molecule has 0 aliphatic rings. The molecule has 0 aliphatic heterocycles. The molecule has 0 bridgehead atoms. The molecule has 0 radical (unpaired) electrons. The summed E-state index contributed by atoms with van der Waals surface area (Å²) in [5.74, 6) is 0.807. The summed E-state index contributed by atoms with van der Waals surface area (Å²) in [5, 5.41) is 5.56. The zero-order valence-electron chi connectivity index (χ0n) is 14.2. The Balaban J connectivity index is 2.06. The number of ether oxygens (including phenoxy) is 2. The van der Waals surface area contributed by atoms with Gasteiger partial charge in [-0.05, 0) is 36.4 Å². The molecule has 0 saturated heterocycles. The first-order valence-corrected chi connectivity index (χ1v) is 9.28. The van der Waals surface area contributed by atoms with Crippen molar-refractivity contribution in [3.63, 3.8) is 0 Å². The number of sulfone groups is 1. The predicted octanol–water partition coefficient (Wildman–Crippen LogP) is 2.16. The summed E-state index contributed by atoms with van der Waals surface area (Å²) >= 11 is 0. The third-order valence-corrected chi connectivity index (χ3v) is 4.54. The van der Waals surface area contributed by atoms with E-state index < -0.39 is 9.84 Å². The van der Waals surface area contributed by atoms with Gasteiger partial charge in [0.2, 0.25) is 5.91 Å². The average Bonchev–Trinajstić information content (AvgIpc) is 2.59. The minimum absolute atomic E-state index is 0.0732. The molecule has 0 spiro atoms. The molecule has 1 amide bonds. The fourth-order valence-corrected chi connectivity index (χ4v) is 3.01. The Kier molecular flexibility index (Phi) is 5.87. The minimum Gasteiger partial charge on any atom is -0.497 e. The van der Waals surface area contributed by atoms with E-state index in [9.17, 15) is 13.2 Å². The second kappa shape index (κ2) is 7.89. The van der Waals surface area contributed by atoms with E-state index in [2.05, 4.69) is 10.6 Å². The van der Waals surface area contributed by atoms with Gasteiger partial charge in [0.05, 0.1) is 31.3 Å². The van der Waals surface area contributed by atoms with E-state index in [4.69, 9.17) is 9.47 Å². The quantitative estimate of drug-likeness (QED) is 0.782. The summed E-state index contributed by atoms with van der Waals surface area (Å²) in [6.45, 7) is -0.0825. The van der Waals surface area contributed by atoms with Gasteiger partial charge in [0.25, 0.3) is 0 Å². The van der Waals surface area contributed by atoms with Crippen molar-refractivity contribution in [3.8, 4) is 11.5 Å². The zero-order valence-corrected chi connectivity index (χ0v) is 15.0. The Morgan fingerprint density at radius 2 is 1.60 bits per heavy atom. The third-order valence-electron chi connectivity index (χ3n) is 3.40. The molecule has 7 nitrogen and oxygen atoms in total. The summed E-state index contributed by atoms with van der Waals surface area (Å²) in [6, 6.07) is 11.5. The van der Waals surface area contributed by atoms with Gasteiger partial charge in [0, 0.05) is 18.0 Å². The minimum atomic E-state index is -3.47. The highest BCUT2D eigenvalue weighted by atomic mass is 32.2. The van der Waals surface area contributed by atoms with Crippen LogP contribution in [0.5, 0.6) is 11.5 Å². The molecule has 0 fully saturated rings. The molecule has 0 heterocycles. The van der Waals surface area contributed by atoms with Crippen molar-refractivity contribution in [1.29, 1.82) is 0 Å². The number of methoxy groups -OCH3 is 2. The molecule has 8 heteroatoms. The molecule has 25 heavy (non-hydrogen) atoms. The van der Waals surface area contributed by atoms with Crippen molar-refractivity contribution in [3.05, 3.63) is 42.5 Å². The van der Waals surface area contributed by atoms with E-state index in [1.54, 1.807) is 43.5 Å². The summed E-state index contributed by atoms with van der Waals surface area (Å²) in [4.78, 5) is 12.1. The standard InChI is InChI=1S/C17H20N2O5S/c1-23-13-6-4-12(5-7-13)19-17(20)11-18-15-9-8-14(24-2)10-16(15)25(3,21)22/h4-10,18H,11H2,1-3H3,(H,19,20). The van der Waals surface area contributed by atoms with Crippen LogP contribution in [0.4, 0.5) is 11.4 Å². The van der Waals surface area contributed by atoms with Crippen molar-refractivity contribution >= 4 is 27.1 Å². The number of hydrogen-bond acceptors (Lipinski definition) is 6. The molecule has 0 aromatic heterocycles. The van der Waals surface area contributed by atoms with Gasteiger partial charge >= 0.3 is 0 Å². The number of carbonyl (C=O) groups excluding carboxylic acids is 1. The lowest BCUT2D eigenvalue weighted by Gasteiger charge is -2.12. The Morgan fingerprint density at radius 3 is 2.16 bits per heavy atom. The third kappa shape index (κ3) is 5.12. The molecule has 2 aromatic rings. The van der Waals surface area contributed by atoms with Gasteiger partial charge in [-0.3, -0.25) is 4.79 Å². The molecule has 2 N–H and O–H groups in total. The molecule has 0 aliphatic carbocycles. The number of hydrogen-bond donors (Lipinski definition) is 2. The van der Waals surface area contributed by atoms with Crippen LogP contribution in [0.1, 0.15) is 0 Å². The molecular weight excluding hydrogens is 344 g/mol. The first-order chi connectivity index (χ1) is 11.8. The molecule has 0 atom stereocenters. The SMILES string of the molecule is COc1ccc(NC(=O)CNc2ccc(OC)cc2S(C)(=O)=O)cc1. The smallest absolute Gasteiger partial charge is 0.243 e. The second-order valence-electron chi connectivity index (χ2n) is 5.26. The van der Waals surface area contributed by atoms with Crippen molar-refractivity contribution in [2.45, 2.75) is 4.90 Å². The average molecular weight is 364 g/mol. The molecule has 2 rings (SSSR count). The number of amides is 1. The highest BCUT2D eigenvalue weighted by molar-refractivity contribution is 7.90. The van der Waals surface area contributed by atoms with Crippen LogP contribution >= 0.6 is 0 Å². The van der Waals surface area contributed by atoms with Gasteiger partial charge in [0.15, 0.2) is 9.84 Å². The van der Waals surface area contributed by atoms with Gasteiger partial charge in [0.1, 0.15) is 11.5 Å². The summed E-state index contributed by atoms with van der Waals surface area (Å²) < 4.78 is 33.9. The highest BCUT2D eigenvalue weighted by Crippen LogP contribution is 2.26. The molecular formula is C17H20N2O5S. The zero-order chi connectivity index (χ0) is 18.4. The van der Waals surface area contributed by atoms with Crippen LogP contribution in [0.25, 0.3) is 0 Å². The van der Waals surface area contributed by atoms with Gasteiger partial charge in [-0.2, -0.15) is 0 Å². The van der Waals surface area contributed by atoms with Crippen LogP contribution in [0.15, 0.2) is 47.4 Å². The van der Waals surface area contributed by atoms with Gasteiger partial charge in [-0.1, -0.05) is 0 Å². The number of anilines is 2. The van der Waals surface area contributed by atoms with E-state index in [0.717, 1.165) is 6.26 Å². The maximum Gasteiger partial charge on any atom is 0.243 e. The Bertz CT molecular complexity index is 848. The van der Waals surface area contributed by atoms with Crippen LogP contribution < -0.4 is 20.1 Å².